The van der Waals surface area contributed by atoms with Gasteiger partial charge in [0.1, 0.15) is 12.2 Å². The van der Waals surface area contributed by atoms with Gasteiger partial charge in [-0.15, -0.1) is 0 Å². The van der Waals surface area contributed by atoms with Gasteiger partial charge in [-0.05, 0) is 18.2 Å². The van der Waals surface area contributed by atoms with Crippen molar-refractivity contribution < 1.29 is 4.74 Å². The summed E-state index contributed by atoms with van der Waals surface area (Å²) in [5, 5.41) is 7.74. The first-order chi connectivity index (χ1) is 6.43. The second-order valence-corrected chi connectivity index (χ2v) is 3.00. The number of hydrogen-bond acceptors (Lipinski definition) is 4. The number of allylic oxidation sites excluding steroid dienone is 1. The van der Waals surface area contributed by atoms with Crippen molar-refractivity contribution in [1.82, 2.24) is 0 Å². The quantitative estimate of drug-likeness (QED) is 0.532. The number of aliphatic imine (C=N–C) groups is 1. The van der Waals surface area contributed by atoms with Gasteiger partial charge in [-0.2, -0.15) is 10.2 Å². The smallest absolute Gasteiger partial charge is 0.140 e. The van der Waals surface area contributed by atoms with Crippen LogP contribution in [0.1, 0.15) is 0 Å². The molecular weight excluding hydrogens is 166 g/mol. The lowest BCUT2D eigenvalue weighted by molar-refractivity contribution is 0.109. The van der Waals surface area contributed by atoms with Crippen molar-refractivity contribution in [3.8, 4) is 0 Å². The van der Waals surface area contributed by atoms with Crippen molar-refractivity contribution in [1.29, 1.82) is 0 Å². The van der Waals surface area contributed by atoms with Gasteiger partial charge >= 0.3 is 0 Å². The second kappa shape index (κ2) is 2.47. The fourth-order valence-electron chi connectivity index (χ4n) is 1.51. The van der Waals surface area contributed by atoms with Crippen LogP contribution >= 0.6 is 0 Å². The topological polar surface area (TPSA) is 46.3 Å². The summed E-state index contributed by atoms with van der Waals surface area (Å²) in [6.45, 7) is 0. The minimum atomic E-state index is -0.0771. The number of hydrogen-bond donors (Lipinski definition) is 0. The summed E-state index contributed by atoms with van der Waals surface area (Å²) in [5.74, 6) is 0. The molecule has 0 amide bonds. The third-order valence-corrected chi connectivity index (χ3v) is 2.14. The summed E-state index contributed by atoms with van der Waals surface area (Å²) in [4.78, 5) is 4.20. The molecule has 3 heterocycles. The van der Waals surface area contributed by atoms with Crippen LogP contribution in [0, 0.1) is 0 Å². The normalized spacial score (nSPS) is 33.8. The highest BCUT2D eigenvalue weighted by Gasteiger charge is 2.29. The summed E-state index contributed by atoms with van der Waals surface area (Å²) < 4.78 is 5.67. The van der Waals surface area contributed by atoms with Crippen molar-refractivity contribution >= 4 is 18.1 Å². The van der Waals surface area contributed by atoms with E-state index in [1.54, 1.807) is 12.4 Å². The van der Waals surface area contributed by atoms with Gasteiger partial charge in [0, 0.05) is 6.21 Å². The number of rotatable bonds is 0. The summed E-state index contributed by atoms with van der Waals surface area (Å²) >= 11 is 0. The minimum absolute atomic E-state index is 0.0292. The maximum Gasteiger partial charge on any atom is 0.140 e. The molecule has 0 aromatic rings. The van der Waals surface area contributed by atoms with E-state index in [2.05, 4.69) is 15.2 Å². The fraction of sp³-hybridized carbons (Fsp3) is 0.222. The number of fused-ring (bicyclic) bond motifs is 2. The molecule has 0 N–H and O–H groups in total. The first-order valence-corrected chi connectivity index (χ1v) is 4.12. The second-order valence-electron chi connectivity index (χ2n) is 3.00. The standard InChI is InChI=1S/C9H7N3O/c1-2-8-6(10-3-1)4-7-9(13-8)5-11-12-7/h1-5,8-9H. The molecule has 0 aromatic heterocycles. The van der Waals surface area contributed by atoms with Gasteiger partial charge in [0.25, 0.3) is 0 Å². The maximum atomic E-state index is 5.67. The fourth-order valence-corrected chi connectivity index (χ4v) is 1.51. The van der Waals surface area contributed by atoms with E-state index in [0.29, 0.717) is 0 Å². The Balaban J connectivity index is 2.04. The summed E-state index contributed by atoms with van der Waals surface area (Å²) in [6.07, 6.45) is 9.14. The highest BCUT2D eigenvalue weighted by molar-refractivity contribution is 6.11. The number of nitrogens with zero attached hydrogens (tertiary/aromatic N) is 3. The van der Waals surface area contributed by atoms with Crippen LogP contribution in [0.4, 0.5) is 0 Å². The van der Waals surface area contributed by atoms with Gasteiger partial charge in [0.05, 0.1) is 17.6 Å². The van der Waals surface area contributed by atoms with Gasteiger partial charge in [-0.3, -0.25) is 4.99 Å². The van der Waals surface area contributed by atoms with Crippen molar-refractivity contribution in [3.63, 3.8) is 0 Å². The molecule has 4 nitrogen and oxygen atoms in total. The molecule has 0 spiro atoms. The molecule has 64 valence electrons. The van der Waals surface area contributed by atoms with Gasteiger partial charge < -0.3 is 4.74 Å². The van der Waals surface area contributed by atoms with E-state index in [-0.39, 0.29) is 12.2 Å². The van der Waals surface area contributed by atoms with E-state index in [1.165, 1.54) is 0 Å². The summed E-state index contributed by atoms with van der Waals surface area (Å²) in [6, 6.07) is 0. The van der Waals surface area contributed by atoms with Crippen LogP contribution in [-0.4, -0.2) is 30.3 Å². The minimum Gasteiger partial charge on any atom is -0.352 e. The first-order valence-electron chi connectivity index (χ1n) is 4.12. The van der Waals surface area contributed by atoms with Crippen LogP contribution in [0.15, 0.2) is 39.1 Å². The van der Waals surface area contributed by atoms with Crippen molar-refractivity contribution in [2.45, 2.75) is 12.2 Å². The predicted molar refractivity (Wildman–Crippen MR) is 50.3 cm³/mol. The van der Waals surface area contributed by atoms with Crippen LogP contribution in [-0.2, 0) is 4.74 Å². The molecule has 3 aliphatic heterocycles. The van der Waals surface area contributed by atoms with E-state index < -0.39 is 0 Å². The van der Waals surface area contributed by atoms with Crippen molar-refractivity contribution in [2.24, 2.45) is 15.2 Å². The van der Waals surface area contributed by atoms with E-state index in [1.807, 2.05) is 18.2 Å². The zero-order valence-electron chi connectivity index (χ0n) is 6.79. The predicted octanol–water partition coefficient (Wildman–Crippen LogP) is 0.719. The van der Waals surface area contributed by atoms with E-state index >= 15 is 0 Å². The lowest BCUT2D eigenvalue weighted by Gasteiger charge is -2.24. The molecule has 2 unspecified atom stereocenters. The first kappa shape index (κ1) is 6.91. The molecule has 0 saturated carbocycles. The van der Waals surface area contributed by atoms with Gasteiger partial charge in [-0.25, -0.2) is 0 Å². The summed E-state index contributed by atoms with van der Waals surface area (Å²) in [7, 11) is 0. The van der Waals surface area contributed by atoms with Crippen LogP contribution < -0.4 is 0 Å². The zero-order chi connectivity index (χ0) is 8.67. The molecule has 2 atom stereocenters. The molecule has 0 radical (unpaired) electrons. The van der Waals surface area contributed by atoms with Crippen LogP contribution in [0.5, 0.6) is 0 Å². The van der Waals surface area contributed by atoms with E-state index in [0.717, 1.165) is 11.4 Å². The molecule has 3 aliphatic rings. The molecular formula is C9H7N3O. The van der Waals surface area contributed by atoms with Gasteiger partial charge in [-0.1, -0.05) is 0 Å². The lowest BCUT2D eigenvalue weighted by atomic mass is 10.1. The molecule has 3 rings (SSSR count). The van der Waals surface area contributed by atoms with Crippen LogP contribution in [0.25, 0.3) is 0 Å². The Morgan fingerprint density at radius 3 is 3.31 bits per heavy atom. The van der Waals surface area contributed by atoms with Gasteiger partial charge in [0.15, 0.2) is 0 Å². The van der Waals surface area contributed by atoms with Crippen molar-refractivity contribution in [2.75, 3.05) is 0 Å². The molecule has 0 aromatic carbocycles. The Morgan fingerprint density at radius 2 is 2.31 bits per heavy atom. The number of dihydropyridines is 1. The monoisotopic (exact) mass is 173 g/mol. The Labute approximate surface area is 75.0 Å². The average molecular weight is 173 g/mol. The summed E-state index contributed by atoms with van der Waals surface area (Å²) in [5.41, 5.74) is 1.75. The van der Waals surface area contributed by atoms with Gasteiger partial charge in [0.2, 0.25) is 0 Å². The lowest BCUT2D eigenvalue weighted by Crippen LogP contribution is -2.33. The molecule has 0 saturated heterocycles. The third-order valence-electron chi connectivity index (χ3n) is 2.14. The Bertz CT molecular complexity index is 390. The maximum absolute atomic E-state index is 5.67. The molecule has 4 heteroatoms. The average Bonchev–Trinajstić information content (AvgIpc) is 2.61. The third kappa shape index (κ3) is 0.990. The highest BCUT2D eigenvalue weighted by Crippen LogP contribution is 2.22. The molecule has 0 aliphatic carbocycles. The van der Waals surface area contributed by atoms with Crippen molar-refractivity contribution in [3.05, 3.63) is 23.9 Å². The van der Waals surface area contributed by atoms with E-state index in [4.69, 9.17) is 4.74 Å². The zero-order valence-corrected chi connectivity index (χ0v) is 6.79. The Morgan fingerprint density at radius 1 is 1.31 bits per heavy atom. The Hall–Kier alpha value is -1.55. The van der Waals surface area contributed by atoms with Crippen LogP contribution in [0.3, 0.4) is 0 Å². The number of ether oxygens (including phenoxy) is 1. The molecule has 13 heavy (non-hydrogen) atoms. The molecule has 0 fully saturated rings. The molecule has 0 bridgehead atoms. The highest BCUT2D eigenvalue weighted by atomic mass is 16.5. The van der Waals surface area contributed by atoms with Crippen LogP contribution in [0.2, 0.25) is 0 Å². The SMILES string of the molecule is C1=CC2OC3C=NN=C3C=C2N=C1. The largest absolute Gasteiger partial charge is 0.352 e. The Kier molecular flexibility index (Phi) is 1.31. The van der Waals surface area contributed by atoms with E-state index in [9.17, 15) is 0 Å².